The highest BCUT2D eigenvalue weighted by Gasteiger charge is 2.12. The highest BCUT2D eigenvalue weighted by molar-refractivity contribution is 6.37. The first-order chi connectivity index (χ1) is 13.1. The van der Waals surface area contributed by atoms with Crippen molar-refractivity contribution in [3.05, 3.63) is 99.3 Å². The molecule has 0 saturated carbocycles. The van der Waals surface area contributed by atoms with E-state index in [0.29, 0.717) is 28.0 Å². The van der Waals surface area contributed by atoms with E-state index < -0.39 is 5.82 Å². The summed E-state index contributed by atoms with van der Waals surface area (Å²) in [6.07, 6.45) is 1.54. The summed E-state index contributed by atoms with van der Waals surface area (Å²) in [7, 11) is 0. The molecular formula is C22H14Cl2FNO. The fourth-order valence-electron chi connectivity index (χ4n) is 2.55. The summed E-state index contributed by atoms with van der Waals surface area (Å²) < 4.78 is 19.7. The minimum Gasteiger partial charge on any atom is -0.486 e. The summed E-state index contributed by atoms with van der Waals surface area (Å²) >= 11 is 12.6. The van der Waals surface area contributed by atoms with Gasteiger partial charge in [-0.25, -0.2) is 4.39 Å². The van der Waals surface area contributed by atoms with Gasteiger partial charge in [-0.15, -0.1) is 0 Å². The minimum absolute atomic E-state index is 0.179. The van der Waals surface area contributed by atoms with Crippen LogP contribution in [0.25, 0.3) is 11.6 Å². The molecule has 0 bridgehead atoms. The van der Waals surface area contributed by atoms with E-state index in [4.69, 9.17) is 27.9 Å². The molecule has 3 aromatic carbocycles. The Hall–Kier alpha value is -2.80. The maximum absolute atomic E-state index is 13.9. The van der Waals surface area contributed by atoms with Gasteiger partial charge in [-0.3, -0.25) is 0 Å². The van der Waals surface area contributed by atoms with Crippen LogP contribution in [0.3, 0.4) is 0 Å². The van der Waals surface area contributed by atoms with Crippen molar-refractivity contribution >= 4 is 34.9 Å². The molecular weight excluding hydrogens is 384 g/mol. The number of rotatable bonds is 5. The standard InChI is InChI=1S/C22H14Cl2FNO/c23-19-11-16(10-17(13-26)18-8-4-5-9-21(18)25)12-20(24)22(19)27-14-15-6-2-1-3-7-15/h1-12H,14H2. The van der Waals surface area contributed by atoms with E-state index in [-0.39, 0.29) is 11.1 Å². The lowest BCUT2D eigenvalue weighted by atomic mass is 10.0. The topological polar surface area (TPSA) is 33.0 Å². The van der Waals surface area contributed by atoms with Gasteiger partial charge in [0.1, 0.15) is 12.4 Å². The largest absolute Gasteiger partial charge is 0.486 e. The first kappa shape index (κ1) is 19.0. The molecule has 0 heterocycles. The van der Waals surface area contributed by atoms with Crippen molar-refractivity contribution in [2.45, 2.75) is 6.61 Å². The third-order valence-electron chi connectivity index (χ3n) is 3.84. The Kier molecular flexibility index (Phi) is 6.13. The lowest BCUT2D eigenvalue weighted by molar-refractivity contribution is 0.306. The van der Waals surface area contributed by atoms with Gasteiger partial charge in [0.25, 0.3) is 0 Å². The van der Waals surface area contributed by atoms with E-state index in [9.17, 15) is 9.65 Å². The molecule has 0 unspecified atom stereocenters. The molecule has 0 spiro atoms. The van der Waals surface area contributed by atoms with E-state index in [1.807, 2.05) is 36.4 Å². The number of halogens is 3. The predicted molar refractivity (Wildman–Crippen MR) is 107 cm³/mol. The van der Waals surface area contributed by atoms with Crippen molar-refractivity contribution in [3.63, 3.8) is 0 Å². The van der Waals surface area contributed by atoms with Crippen LogP contribution in [0.5, 0.6) is 5.75 Å². The van der Waals surface area contributed by atoms with Gasteiger partial charge in [0, 0.05) is 5.56 Å². The molecule has 5 heteroatoms. The lowest BCUT2D eigenvalue weighted by Crippen LogP contribution is -1.97. The van der Waals surface area contributed by atoms with Crippen molar-refractivity contribution in [2.75, 3.05) is 0 Å². The average Bonchev–Trinajstić information content (AvgIpc) is 2.67. The van der Waals surface area contributed by atoms with Crippen LogP contribution in [-0.4, -0.2) is 0 Å². The number of allylic oxidation sites excluding steroid dienone is 1. The van der Waals surface area contributed by atoms with Crippen molar-refractivity contribution < 1.29 is 9.13 Å². The van der Waals surface area contributed by atoms with Crippen LogP contribution < -0.4 is 4.74 Å². The van der Waals surface area contributed by atoms with Crippen molar-refractivity contribution in [2.24, 2.45) is 0 Å². The van der Waals surface area contributed by atoms with Crippen LogP contribution >= 0.6 is 23.2 Å². The SMILES string of the molecule is N#CC(=Cc1cc(Cl)c(OCc2ccccc2)c(Cl)c1)c1ccccc1F. The van der Waals surface area contributed by atoms with Gasteiger partial charge in [0.05, 0.1) is 21.7 Å². The predicted octanol–water partition coefficient (Wildman–Crippen LogP) is 6.78. The second-order valence-corrected chi connectivity index (χ2v) is 6.55. The van der Waals surface area contributed by atoms with E-state index in [2.05, 4.69) is 0 Å². The average molecular weight is 398 g/mol. The molecule has 0 aliphatic rings. The fraction of sp³-hybridized carbons (Fsp3) is 0.0455. The number of ether oxygens (including phenoxy) is 1. The zero-order valence-electron chi connectivity index (χ0n) is 14.1. The van der Waals surface area contributed by atoms with Crippen molar-refractivity contribution in [3.8, 4) is 11.8 Å². The Balaban J connectivity index is 1.88. The second-order valence-electron chi connectivity index (χ2n) is 5.74. The number of nitriles is 1. The number of benzene rings is 3. The summed E-state index contributed by atoms with van der Waals surface area (Å²) in [5.41, 5.74) is 1.96. The molecule has 0 amide bonds. The van der Waals surface area contributed by atoms with Crippen LogP contribution in [0.4, 0.5) is 4.39 Å². The Bertz CT molecular complexity index is 1000. The monoisotopic (exact) mass is 397 g/mol. The van der Waals surface area contributed by atoms with Gasteiger partial charge < -0.3 is 4.74 Å². The smallest absolute Gasteiger partial charge is 0.157 e. The molecule has 0 aromatic heterocycles. The van der Waals surface area contributed by atoms with Gasteiger partial charge in [-0.2, -0.15) is 5.26 Å². The van der Waals surface area contributed by atoms with Crippen molar-refractivity contribution in [1.29, 1.82) is 5.26 Å². The van der Waals surface area contributed by atoms with Crippen LogP contribution in [0.15, 0.2) is 66.7 Å². The first-order valence-electron chi connectivity index (χ1n) is 8.11. The zero-order chi connectivity index (χ0) is 19.2. The van der Waals surface area contributed by atoms with E-state index in [0.717, 1.165) is 5.56 Å². The van der Waals surface area contributed by atoms with Crippen LogP contribution in [0.1, 0.15) is 16.7 Å². The summed E-state index contributed by atoms with van der Waals surface area (Å²) in [6, 6.07) is 21.0. The molecule has 3 rings (SSSR count). The Morgan fingerprint density at radius 2 is 1.63 bits per heavy atom. The van der Waals surface area contributed by atoms with Crippen LogP contribution in [0, 0.1) is 17.1 Å². The highest BCUT2D eigenvalue weighted by Crippen LogP contribution is 2.36. The first-order valence-corrected chi connectivity index (χ1v) is 8.86. The third kappa shape index (κ3) is 4.68. The van der Waals surface area contributed by atoms with Gasteiger partial charge >= 0.3 is 0 Å². The second kappa shape index (κ2) is 8.73. The molecule has 0 aliphatic carbocycles. The molecule has 0 radical (unpaired) electrons. The van der Waals surface area contributed by atoms with Crippen LogP contribution in [-0.2, 0) is 6.61 Å². The van der Waals surface area contributed by atoms with Gasteiger partial charge in [-0.05, 0) is 35.4 Å². The summed E-state index contributed by atoms with van der Waals surface area (Å²) in [6.45, 7) is 0.328. The molecule has 134 valence electrons. The Labute approximate surface area is 167 Å². The molecule has 27 heavy (non-hydrogen) atoms. The summed E-state index contributed by atoms with van der Waals surface area (Å²) in [5.74, 6) is -0.103. The highest BCUT2D eigenvalue weighted by atomic mass is 35.5. The van der Waals surface area contributed by atoms with Gasteiger partial charge in [0.15, 0.2) is 5.75 Å². The van der Waals surface area contributed by atoms with E-state index >= 15 is 0 Å². The third-order valence-corrected chi connectivity index (χ3v) is 4.40. The molecule has 0 aliphatic heterocycles. The van der Waals surface area contributed by atoms with Gasteiger partial charge in [-0.1, -0.05) is 71.7 Å². The van der Waals surface area contributed by atoms with Crippen LogP contribution in [0.2, 0.25) is 10.0 Å². The maximum Gasteiger partial charge on any atom is 0.157 e. The lowest BCUT2D eigenvalue weighted by Gasteiger charge is -2.11. The molecule has 0 saturated heterocycles. The number of hydrogen-bond donors (Lipinski definition) is 0. The Morgan fingerprint density at radius 1 is 1.00 bits per heavy atom. The molecule has 0 N–H and O–H groups in total. The molecule has 2 nitrogen and oxygen atoms in total. The zero-order valence-corrected chi connectivity index (χ0v) is 15.6. The van der Waals surface area contributed by atoms with E-state index in [1.54, 1.807) is 30.3 Å². The normalized spacial score (nSPS) is 11.1. The number of hydrogen-bond acceptors (Lipinski definition) is 2. The maximum atomic E-state index is 13.9. The quantitative estimate of drug-likeness (QED) is 0.351. The molecule has 0 atom stereocenters. The fourth-order valence-corrected chi connectivity index (χ4v) is 3.16. The van der Waals surface area contributed by atoms with Crippen molar-refractivity contribution in [1.82, 2.24) is 0 Å². The molecule has 0 fully saturated rings. The molecule has 3 aromatic rings. The Morgan fingerprint density at radius 3 is 2.26 bits per heavy atom. The summed E-state index contributed by atoms with van der Waals surface area (Å²) in [4.78, 5) is 0. The summed E-state index contributed by atoms with van der Waals surface area (Å²) in [5, 5.41) is 10.0. The minimum atomic E-state index is -0.467. The van der Waals surface area contributed by atoms with Gasteiger partial charge in [0.2, 0.25) is 0 Å². The number of nitrogens with zero attached hydrogens (tertiary/aromatic N) is 1. The van der Waals surface area contributed by atoms with E-state index in [1.165, 1.54) is 12.1 Å².